The molecule has 0 saturated heterocycles. The van der Waals surface area contributed by atoms with Gasteiger partial charge in [-0.1, -0.05) is 0 Å². The van der Waals surface area contributed by atoms with E-state index < -0.39 is 5.97 Å². The van der Waals surface area contributed by atoms with Gasteiger partial charge >= 0.3 is 5.97 Å². The summed E-state index contributed by atoms with van der Waals surface area (Å²) < 4.78 is 5.18. The third kappa shape index (κ3) is 2.30. The number of aromatic nitrogens is 1. The molecule has 4 nitrogen and oxygen atoms in total. The number of hydrogen-bond acceptors (Lipinski definition) is 3. The number of H-pyrrole nitrogens is 1. The van der Waals surface area contributed by atoms with E-state index in [9.17, 15) is 9.59 Å². The zero-order valence-corrected chi connectivity index (χ0v) is 9.12. The Morgan fingerprint density at radius 2 is 2.31 bits per heavy atom. The highest BCUT2D eigenvalue weighted by Gasteiger charge is 2.12. The first-order chi connectivity index (χ1) is 6.16. The van der Waals surface area contributed by atoms with Gasteiger partial charge in [-0.15, -0.1) is 0 Å². The van der Waals surface area contributed by atoms with Crippen molar-refractivity contribution in [2.75, 3.05) is 6.61 Å². The molecule has 0 aliphatic carbocycles. The number of hydrogen-bond donors (Lipinski definition) is 1. The number of carbonyl (C=O) groups is 1. The number of nitrogens with one attached hydrogen (secondary N) is 1. The summed E-state index contributed by atoms with van der Waals surface area (Å²) in [5, 5.41) is 0. The number of rotatable bonds is 2. The Bertz CT molecular complexity index is 372. The topological polar surface area (TPSA) is 59.2 Å². The smallest absolute Gasteiger partial charge is 0.343 e. The van der Waals surface area contributed by atoms with E-state index in [-0.39, 0.29) is 17.6 Å². The molecular weight excluding hydrogens is 285 g/mol. The molecule has 1 N–H and O–H groups in total. The molecule has 0 aliphatic rings. The lowest BCUT2D eigenvalue weighted by Crippen LogP contribution is -2.19. The van der Waals surface area contributed by atoms with Gasteiger partial charge in [0.25, 0.3) is 0 Å². The maximum absolute atomic E-state index is 11.4. The van der Waals surface area contributed by atoms with E-state index in [2.05, 4.69) is 4.98 Å². The quantitative estimate of drug-likeness (QED) is 0.657. The average molecular weight is 293 g/mol. The SMILES string of the molecule is CCOC(=O)c1c[nH]cc(I)c1=O. The van der Waals surface area contributed by atoms with Crippen molar-refractivity contribution in [3.8, 4) is 0 Å². The summed E-state index contributed by atoms with van der Waals surface area (Å²) in [5.41, 5.74) is -0.244. The molecule has 1 aromatic heterocycles. The lowest BCUT2D eigenvalue weighted by atomic mass is 10.3. The molecule has 0 saturated carbocycles. The van der Waals surface area contributed by atoms with Gasteiger partial charge in [0.05, 0.1) is 10.2 Å². The molecule has 0 unspecified atom stereocenters. The summed E-state index contributed by atoms with van der Waals surface area (Å²) >= 11 is 1.86. The first kappa shape index (κ1) is 10.2. The van der Waals surface area contributed by atoms with Crippen molar-refractivity contribution in [2.24, 2.45) is 0 Å². The van der Waals surface area contributed by atoms with E-state index in [4.69, 9.17) is 4.74 Å². The summed E-state index contributed by atoms with van der Waals surface area (Å²) in [6, 6.07) is 0. The third-order valence-corrected chi connectivity index (χ3v) is 2.20. The molecule has 0 spiro atoms. The van der Waals surface area contributed by atoms with Crippen LogP contribution in [0.5, 0.6) is 0 Å². The van der Waals surface area contributed by atoms with Crippen LogP contribution in [-0.4, -0.2) is 17.6 Å². The second-order valence-electron chi connectivity index (χ2n) is 2.27. The molecule has 1 heterocycles. The Labute approximate surface area is 88.4 Å². The van der Waals surface area contributed by atoms with E-state index in [1.807, 2.05) is 22.6 Å². The van der Waals surface area contributed by atoms with Gasteiger partial charge in [-0.05, 0) is 29.5 Å². The van der Waals surface area contributed by atoms with Crippen LogP contribution in [0.4, 0.5) is 0 Å². The van der Waals surface area contributed by atoms with Crippen LogP contribution in [0.3, 0.4) is 0 Å². The number of pyridine rings is 1. The number of aromatic amines is 1. The monoisotopic (exact) mass is 293 g/mol. The fourth-order valence-corrected chi connectivity index (χ4v) is 1.29. The first-order valence-electron chi connectivity index (χ1n) is 3.70. The van der Waals surface area contributed by atoms with Crippen LogP contribution >= 0.6 is 22.6 Å². The zero-order chi connectivity index (χ0) is 9.84. The number of ether oxygens (including phenoxy) is 1. The van der Waals surface area contributed by atoms with Gasteiger partial charge < -0.3 is 9.72 Å². The van der Waals surface area contributed by atoms with E-state index in [1.54, 1.807) is 6.92 Å². The Morgan fingerprint density at radius 1 is 1.62 bits per heavy atom. The number of esters is 1. The minimum Gasteiger partial charge on any atom is -0.462 e. The first-order valence-corrected chi connectivity index (χ1v) is 4.78. The number of carbonyl (C=O) groups excluding carboxylic acids is 1. The standard InChI is InChI=1S/C8H8INO3/c1-2-13-8(12)5-3-10-4-6(9)7(5)11/h3-4H,2H2,1H3,(H,10,11). The van der Waals surface area contributed by atoms with Crippen molar-refractivity contribution in [3.63, 3.8) is 0 Å². The predicted octanol–water partition coefficient (Wildman–Crippen LogP) is 1.16. The Morgan fingerprint density at radius 3 is 2.92 bits per heavy atom. The lowest BCUT2D eigenvalue weighted by Gasteiger charge is -2.00. The fourth-order valence-electron chi connectivity index (χ4n) is 0.818. The van der Waals surface area contributed by atoms with E-state index in [0.717, 1.165) is 0 Å². The molecule has 1 aromatic rings. The van der Waals surface area contributed by atoms with Crippen molar-refractivity contribution in [1.82, 2.24) is 4.98 Å². The molecule has 0 radical (unpaired) electrons. The molecule has 0 aromatic carbocycles. The van der Waals surface area contributed by atoms with Crippen LogP contribution in [0.1, 0.15) is 17.3 Å². The molecule has 0 bridgehead atoms. The summed E-state index contributed by atoms with van der Waals surface area (Å²) in [6.45, 7) is 1.96. The van der Waals surface area contributed by atoms with Crippen molar-refractivity contribution >= 4 is 28.6 Å². The maximum atomic E-state index is 11.4. The van der Waals surface area contributed by atoms with Crippen molar-refractivity contribution < 1.29 is 9.53 Å². The van der Waals surface area contributed by atoms with Gasteiger partial charge in [-0.2, -0.15) is 0 Å². The van der Waals surface area contributed by atoms with Crippen LogP contribution in [0.25, 0.3) is 0 Å². The van der Waals surface area contributed by atoms with Crippen LogP contribution in [0.2, 0.25) is 0 Å². The average Bonchev–Trinajstić information content (AvgIpc) is 2.10. The molecule has 1 rings (SSSR count). The summed E-state index contributed by atoms with van der Waals surface area (Å²) in [6.07, 6.45) is 2.88. The van der Waals surface area contributed by atoms with Crippen molar-refractivity contribution in [1.29, 1.82) is 0 Å². The molecule has 70 valence electrons. The fraction of sp³-hybridized carbons (Fsp3) is 0.250. The molecule has 13 heavy (non-hydrogen) atoms. The second-order valence-corrected chi connectivity index (χ2v) is 3.43. The highest BCUT2D eigenvalue weighted by Crippen LogP contribution is 1.99. The van der Waals surface area contributed by atoms with Crippen LogP contribution in [-0.2, 0) is 4.74 Å². The van der Waals surface area contributed by atoms with Crippen molar-refractivity contribution in [2.45, 2.75) is 6.92 Å². The molecule has 5 heteroatoms. The normalized spacial score (nSPS) is 9.69. The third-order valence-electron chi connectivity index (χ3n) is 1.39. The van der Waals surface area contributed by atoms with E-state index in [0.29, 0.717) is 3.57 Å². The highest BCUT2D eigenvalue weighted by molar-refractivity contribution is 14.1. The molecule has 0 atom stereocenters. The zero-order valence-electron chi connectivity index (χ0n) is 6.96. The van der Waals surface area contributed by atoms with Crippen molar-refractivity contribution in [3.05, 3.63) is 31.8 Å². The number of halogens is 1. The molecule has 0 fully saturated rings. The summed E-state index contributed by atoms with van der Waals surface area (Å²) in [4.78, 5) is 25.2. The van der Waals surface area contributed by atoms with Gasteiger partial charge in [-0.3, -0.25) is 4.79 Å². The van der Waals surface area contributed by atoms with Crippen LogP contribution in [0.15, 0.2) is 17.2 Å². The maximum Gasteiger partial charge on any atom is 0.343 e. The molecule has 0 aliphatic heterocycles. The van der Waals surface area contributed by atoms with Gasteiger partial charge in [0.2, 0.25) is 5.43 Å². The second kappa shape index (κ2) is 4.40. The summed E-state index contributed by atoms with van der Waals surface area (Å²) in [7, 11) is 0. The van der Waals surface area contributed by atoms with Gasteiger partial charge in [0.1, 0.15) is 5.56 Å². The lowest BCUT2D eigenvalue weighted by molar-refractivity contribution is 0.0524. The molecule has 0 amide bonds. The minimum absolute atomic E-state index is 0.0498. The van der Waals surface area contributed by atoms with Crippen LogP contribution < -0.4 is 5.43 Å². The van der Waals surface area contributed by atoms with Gasteiger partial charge in [-0.25, -0.2) is 4.79 Å². The highest BCUT2D eigenvalue weighted by atomic mass is 127. The summed E-state index contributed by atoms with van der Waals surface area (Å²) in [5.74, 6) is -0.581. The van der Waals surface area contributed by atoms with E-state index in [1.165, 1.54) is 12.4 Å². The Kier molecular flexibility index (Phi) is 3.47. The molecular formula is C8H8INO3. The Hall–Kier alpha value is -0.850. The minimum atomic E-state index is -0.581. The van der Waals surface area contributed by atoms with Crippen LogP contribution in [0, 0.1) is 3.57 Å². The van der Waals surface area contributed by atoms with Gasteiger partial charge in [0.15, 0.2) is 0 Å². The Balaban J connectivity index is 3.08. The van der Waals surface area contributed by atoms with Gasteiger partial charge in [0, 0.05) is 12.4 Å². The van der Waals surface area contributed by atoms with E-state index >= 15 is 0 Å². The largest absolute Gasteiger partial charge is 0.462 e. The predicted molar refractivity (Wildman–Crippen MR) is 55.7 cm³/mol.